The first-order chi connectivity index (χ1) is 7.65. The van der Waals surface area contributed by atoms with Gasteiger partial charge in [-0.05, 0) is 12.8 Å². The molecule has 1 atom stereocenters. The Morgan fingerprint density at radius 1 is 1.25 bits per heavy atom. The summed E-state index contributed by atoms with van der Waals surface area (Å²) in [5.41, 5.74) is 0. The van der Waals surface area contributed by atoms with Crippen molar-refractivity contribution in [2.24, 2.45) is 0 Å². The lowest BCUT2D eigenvalue weighted by Crippen LogP contribution is -2.51. The lowest BCUT2D eigenvalue weighted by atomic mass is 10.1. The summed E-state index contributed by atoms with van der Waals surface area (Å²) >= 11 is 0. The summed E-state index contributed by atoms with van der Waals surface area (Å²) in [7, 11) is 0. The third kappa shape index (κ3) is 4.10. The first kappa shape index (κ1) is 13.5. The molecule has 0 radical (unpaired) electrons. The van der Waals surface area contributed by atoms with E-state index in [-0.39, 0.29) is 12.1 Å². The predicted molar refractivity (Wildman–Crippen MR) is 64.0 cm³/mol. The van der Waals surface area contributed by atoms with Crippen molar-refractivity contribution in [2.45, 2.75) is 45.8 Å². The summed E-state index contributed by atoms with van der Waals surface area (Å²) < 4.78 is 0. The number of rotatable bonds is 5. The fourth-order valence-corrected chi connectivity index (χ4v) is 2.09. The number of nitrogens with zero attached hydrogens (tertiary/aromatic N) is 2. The second-order valence-corrected chi connectivity index (χ2v) is 4.52. The zero-order valence-corrected chi connectivity index (χ0v) is 10.5. The maximum atomic E-state index is 11.1. The Bertz CT molecular complexity index is 213. The fourth-order valence-electron chi connectivity index (χ4n) is 2.09. The van der Waals surface area contributed by atoms with Gasteiger partial charge in [-0.2, -0.15) is 0 Å². The number of aliphatic hydroxyl groups excluding tert-OH is 1. The van der Waals surface area contributed by atoms with Crippen molar-refractivity contribution < 1.29 is 9.90 Å². The van der Waals surface area contributed by atoms with Gasteiger partial charge in [-0.1, -0.05) is 19.8 Å². The molecule has 0 spiro atoms. The van der Waals surface area contributed by atoms with Crippen molar-refractivity contribution in [1.82, 2.24) is 9.80 Å². The van der Waals surface area contributed by atoms with Gasteiger partial charge in [0.15, 0.2) is 0 Å². The Balaban J connectivity index is 2.22. The molecular weight excluding hydrogens is 204 g/mol. The van der Waals surface area contributed by atoms with E-state index in [1.165, 1.54) is 12.8 Å². The van der Waals surface area contributed by atoms with Crippen LogP contribution < -0.4 is 0 Å². The normalized spacial score (nSPS) is 19.8. The van der Waals surface area contributed by atoms with Gasteiger partial charge < -0.3 is 10.0 Å². The highest BCUT2D eigenvalue weighted by molar-refractivity contribution is 5.73. The van der Waals surface area contributed by atoms with Gasteiger partial charge in [0.1, 0.15) is 6.23 Å². The molecule has 1 fully saturated rings. The van der Waals surface area contributed by atoms with Crippen LogP contribution in [0.3, 0.4) is 0 Å². The summed E-state index contributed by atoms with van der Waals surface area (Å²) in [5, 5.41) is 9.95. The average Bonchev–Trinajstić information content (AvgIpc) is 2.29. The molecule has 1 rings (SSSR count). The van der Waals surface area contributed by atoms with Crippen molar-refractivity contribution in [3.05, 3.63) is 0 Å². The van der Waals surface area contributed by atoms with Crippen LogP contribution in [-0.2, 0) is 4.79 Å². The fraction of sp³-hybridized carbons (Fsp3) is 0.917. The van der Waals surface area contributed by atoms with Crippen molar-refractivity contribution >= 4 is 5.91 Å². The van der Waals surface area contributed by atoms with Crippen LogP contribution in [0.1, 0.15) is 39.5 Å². The summed E-state index contributed by atoms with van der Waals surface area (Å²) in [6.45, 7) is 6.87. The standard InChI is InChI=1S/C12H24N2O2/c1-3-4-5-6-12(16)14-9-7-13(8-10-14)11(2)15/h12,16H,3-10H2,1-2H3. The molecule has 0 saturated carbocycles. The Morgan fingerprint density at radius 3 is 2.38 bits per heavy atom. The SMILES string of the molecule is CCCCCC(O)N1CCN(C(C)=O)CC1. The van der Waals surface area contributed by atoms with Gasteiger partial charge in [0.25, 0.3) is 0 Å². The zero-order valence-electron chi connectivity index (χ0n) is 10.5. The molecule has 1 saturated heterocycles. The van der Waals surface area contributed by atoms with Gasteiger partial charge in [-0.25, -0.2) is 0 Å². The van der Waals surface area contributed by atoms with Crippen LogP contribution in [-0.4, -0.2) is 53.2 Å². The molecule has 94 valence electrons. The number of carbonyl (C=O) groups excluding carboxylic acids is 1. The number of aliphatic hydroxyl groups is 1. The van der Waals surface area contributed by atoms with Crippen molar-refractivity contribution in [1.29, 1.82) is 0 Å². The van der Waals surface area contributed by atoms with E-state index in [2.05, 4.69) is 11.8 Å². The number of hydrogen-bond acceptors (Lipinski definition) is 3. The lowest BCUT2D eigenvalue weighted by molar-refractivity contribution is -0.132. The highest BCUT2D eigenvalue weighted by Gasteiger charge is 2.22. The van der Waals surface area contributed by atoms with Crippen LogP contribution in [0.15, 0.2) is 0 Å². The molecule has 4 heteroatoms. The molecule has 0 bridgehead atoms. The third-order valence-electron chi connectivity index (χ3n) is 3.25. The van der Waals surface area contributed by atoms with Gasteiger partial charge in [0.2, 0.25) is 5.91 Å². The molecular formula is C12H24N2O2. The molecule has 1 aliphatic heterocycles. The van der Waals surface area contributed by atoms with E-state index >= 15 is 0 Å². The van der Waals surface area contributed by atoms with Crippen LogP contribution in [0.5, 0.6) is 0 Å². The van der Waals surface area contributed by atoms with Crippen molar-refractivity contribution in [3.8, 4) is 0 Å². The Kier molecular flexibility index (Phi) is 5.77. The quantitative estimate of drug-likeness (QED) is 0.715. The van der Waals surface area contributed by atoms with Gasteiger partial charge in [0, 0.05) is 33.1 Å². The van der Waals surface area contributed by atoms with Crippen molar-refractivity contribution in [2.75, 3.05) is 26.2 Å². The van der Waals surface area contributed by atoms with Gasteiger partial charge in [-0.3, -0.25) is 9.69 Å². The van der Waals surface area contributed by atoms with E-state index in [0.717, 1.165) is 39.0 Å². The number of piperazine rings is 1. The van der Waals surface area contributed by atoms with E-state index in [1.54, 1.807) is 6.92 Å². The highest BCUT2D eigenvalue weighted by atomic mass is 16.3. The van der Waals surface area contributed by atoms with Crippen LogP contribution >= 0.6 is 0 Å². The summed E-state index contributed by atoms with van der Waals surface area (Å²) in [6, 6.07) is 0. The van der Waals surface area contributed by atoms with Gasteiger partial charge in [-0.15, -0.1) is 0 Å². The highest BCUT2D eigenvalue weighted by Crippen LogP contribution is 2.11. The van der Waals surface area contributed by atoms with Crippen molar-refractivity contribution in [3.63, 3.8) is 0 Å². The van der Waals surface area contributed by atoms with E-state index in [1.807, 2.05) is 4.90 Å². The van der Waals surface area contributed by atoms with Crippen LogP contribution in [0, 0.1) is 0 Å². The minimum atomic E-state index is -0.319. The second-order valence-electron chi connectivity index (χ2n) is 4.52. The zero-order chi connectivity index (χ0) is 12.0. The maximum absolute atomic E-state index is 11.1. The number of unbranched alkanes of at least 4 members (excludes halogenated alkanes) is 2. The summed E-state index contributed by atoms with van der Waals surface area (Å²) in [5.74, 6) is 0.139. The molecule has 1 unspecified atom stereocenters. The monoisotopic (exact) mass is 228 g/mol. The first-order valence-electron chi connectivity index (χ1n) is 6.32. The third-order valence-corrected chi connectivity index (χ3v) is 3.25. The van der Waals surface area contributed by atoms with E-state index in [0.29, 0.717) is 0 Å². The van der Waals surface area contributed by atoms with E-state index in [9.17, 15) is 9.90 Å². The first-order valence-corrected chi connectivity index (χ1v) is 6.32. The number of amides is 1. The molecule has 1 aliphatic rings. The van der Waals surface area contributed by atoms with Gasteiger partial charge in [0.05, 0.1) is 0 Å². The molecule has 16 heavy (non-hydrogen) atoms. The Hall–Kier alpha value is -0.610. The van der Waals surface area contributed by atoms with E-state index in [4.69, 9.17) is 0 Å². The number of hydrogen-bond donors (Lipinski definition) is 1. The molecule has 0 aromatic heterocycles. The summed E-state index contributed by atoms with van der Waals surface area (Å²) in [4.78, 5) is 15.1. The Labute approximate surface area is 98.2 Å². The van der Waals surface area contributed by atoms with E-state index < -0.39 is 0 Å². The largest absolute Gasteiger partial charge is 0.378 e. The van der Waals surface area contributed by atoms with Gasteiger partial charge >= 0.3 is 0 Å². The van der Waals surface area contributed by atoms with Crippen LogP contribution in [0.25, 0.3) is 0 Å². The van der Waals surface area contributed by atoms with Crippen LogP contribution in [0.4, 0.5) is 0 Å². The average molecular weight is 228 g/mol. The molecule has 1 N–H and O–H groups in total. The predicted octanol–water partition coefficient (Wildman–Crippen LogP) is 1.05. The smallest absolute Gasteiger partial charge is 0.219 e. The molecule has 1 heterocycles. The lowest BCUT2D eigenvalue weighted by Gasteiger charge is -2.36. The molecule has 0 aromatic carbocycles. The molecule has 1 amide bonds. The Morgan fingerprint density at radius 2 is 1.88 bits per heavy atom. The van der Waals surface area contributed by atoms with Crippen LogP contribution in [0.2, 0.25) is 0 Å². The minimum absolute atomic E-state index is 0.139. The molecule has 0 aliphatic carbocycles. The molecule has 4 nitrogen and oxygen atoms in total. The topological polar surface area (TPSA) is 43.8 Å². The minimum Gasteiger partial charge on any atom is -0.378 e. The second kappa shape index (κ2) is 6.86. The maximum Gasteiger partial charge on any atom is 0.219 e. The molecule has 0 aromatic rings. The summed E-state index contributed by atoms with van der Waals surface area (Å²) in [6.07, 6.45) is 3.99. The number of carbonyl (C=O) groups is 1.